The van der Waals surface area contributed by atoms with Crippen LogP contribution >= 0.6 is 0 Å². The highest BCUT2D eigenvalue weighted by Gasteiger charge is 2.28. The summed E-state index contributed by atoms with van der Waals surface area (Å²) < 4.78 is 18.8. The average molecular weight is 247 g/mol. The monoisotopic (exact) mass is 247 g/mol. The molecular weight excluding hydrogens is 229 g/mol. The average Bonchev–Trinajstić information content (AvgIpc) is 2.34. The second-order valence-corrected chi connectivity index (χ2v) is 5.73. The van der Waals surface area contributed by atoms with Crippen LogP contribution in [0.4, 0.5) is 4.39 Å². The summed E-state index contributed by atoms with van der Waals surface area (Å²) in [6.45, 7) is 4.53. The quantitative estimate of drug-likeness (QED) is 0.790. The molecule has 3 heteroatoms. The van der Waals surface area contributed by atoms with E-state index in [0.29, 0.717) is 11.2 Å². The molecule has 0 atom stereocenters. The maximum absolute atomic E-state index is 13.0. The van der Waals surface area contributed by atoms with Crippen LogP contribution in [0.1, 0.15) is 45.1 Å². The highest BCUT2D eigenvalue weighted by molar-refractivity contribution is 5.43. The molecule has 0 heterocycles. The molecule has 1 saturated carbocycles. The van der Waals surface area contributed by atoms with Crippen molar-refractivity contribution >= 4 is 0 Å². The number of benzene rings is 1. The van der Waals surface area contributed by atoms with Crippen LogP contribution in [0.3, 0.4) is 0 Å². The minimum atomic E-state index is -0.399. The van der Waals surface area contributed by atoms with Crippen LogP contribution < -0.4 is 4.74 Å². The Bertz CT molecular complexity index is 466. The van der Waals surface area contributed by atoms with E-state index in [1.54, 1.807) is 6.07 Å². The lowest BCUT2D eigenvalue weighted by Gasteiger charge is -2.34. The van der Waals surface area contributed by atoms with Gasteiger partial charge in [-0.1, -0.05) is 13.8 Å². The topological polar surface area (TPSA) is 33.0 Å². The predicted octanol–water partition coefficient (Wildman–Crippen LogP) is 4.04. The lowest BCUT2D eigenvalue weighted by molar-refractivity contribution is 0.0984. The molecule has 96 valence electrons. The first-order valence-electron chi connectivity index (χ1n) is 6.36. The lowest BCUT2D eigenvalue weighted by Crippen LogP contribution is -2.28. The Kier molecular flexibility index (Phi) is 3.56. The molecule has 2 rings (SSSR count). The minimum absolute atomic E-state index is 0.149. The molecule has 0 N–H and O–H groups in total. The van der Waals surface area contributed by atoms with Gasteiger partial charge in [0.2, 0.25) is 0 Å². The Morgan fingerprint density at radius 3 is 2.61 bits per heavy atom. The van der Waals surface area contributed by atoms with E-state index in [4.69, 9.17) is 10.00 Å². The van der Waals surface area contributed by atoms with Crippen LogP contribution in [0, 0.1) is 22.6 Å². The fourth-order valence-electron chi connectivity index (χ4n) is 2.36. The van der Waals surface area contributed by atoms with Crippen molar-refractivity contribution in [3.8, 4) is 11.8 Å². The van der Waals surface area contributed by atoms with Crippen molar-refractivity contribution in [3.63, 3.8) is 0 Å². The number of hydrogen-bond donors (Lipinski definition) is 0. The fraction of sp³-hybridized carbons (Fsp3) is 0.533. The summed E-state index contributed by atoms with van der Waals surface area (Å²) >= 11 is 0. The van der Waals surface area contributed by atoms with E-state index in [1.165, 1.54) is 12.1 Å². The molecule has 0 aliphatic heterocycles. The van der Waals surface area contributed by atoms with Crippen molar-refractivity contribution in [2.24, 2.45) is 5.41 Å². The molecule has 1 aromatic rings. The van der Waals surface area contributed by atoms with E-state index in [-0.39, 0.29) is 11.7 Å². The summed E-state index contributed by atoms with van der Waals surface area (Å²) in [5.41, 5.74) is 0.667. The highest BCUT2D eigenvalue weighted by atomic mass is 19.1. The van der Waals surface area contributed by atoms with Crippen LogP contribution in [0.25, 0.3) is 0 Å². The fourth-order valence-corrected chi connectivity index (χ4v) is 2.36. The van der Waals surface area contributed by atoms with Crippen molar-refractivity contribution in [2.75, 3.05) is 0 Å². The maximum Gasteiger partial charge on any atom is 0.137 e. The van der Waals surface area contributed by atoms with Gasteiger partial charge in [0, 0.05) is 0 Å². The minimum Gasteiger partial charge on any atom is -0.489 e. The molecular formula is C15H18FNO. The van der Waals surface area contributed by atoms with Gasteiger partial charge >= 0.3 is 0 Å². The van der Waals surface area contributed by atoms with Gasteiger partial charge in [0.05, 0.1) is 11.7 Å². The van der Waals surface area contributed by atoms with Crippen LogP contribution in [-0.2, 0) is 0 Å². The Labute approximate surface area is 107 Å². The first-order valence-corrected chi connectivity index (χ1v) is 6.36. The summed E-state index contributed by atoms with van der Waals surface area (Å²) in [5.74, 6) is 0.104. The molecule has 1 aromatic carbocycles. The standard InChI is InChI=1S/C15H18FNO/c1-15(2)7-5-13(6-8-15)18-14-4-3-12(16)9-11(14)10-17/h3-4,9,13H,5-8H2,1-2H3. The van der Waals surface area contributed by atoms with Crippen molar-refractivity contribution in [2.45, 2.75) is 45.6 Å². The van der Waals surface area contributed by atoms with Gasteiger partial charge in [-0.3, -0.25) is 0 Å². The van der Waals surface area contributed by atoms with Gasteiger partial charge < -0.3 is 4.74 Å². The zero-order valence-electron chi connectivity index (χ0n) is 10.9. The SMILES string of the molecule is CC1(C)CCC(Oc2ccc(F)cc2C#N)CC1. The highest BCUT2D eigenvalue weighted by Crippen LogP contribution is 2.37. The van der Waals surface area contributed by atoms with E-state index in [1.807, 2.05) is 6.07 Å². The smallest absolute Gasteiger partial charge is 0.137 e. The van der Waals surface area contributed by atoms with Gasteiger partial charge in [0.1, 0.15) is 17.6 Å². The Hall–Kier alpha value is -1.56. The largest absolute Gasteiger partial charge is 0.489 e. The number of ether oxygens (including phenoxy) is 1. The van der Waals surface area contributed by atoms with Gasteiger partial charge in [-0.05, 0) is 49.3 Å². The first-order chi connectivity index (χ1) is 8.50. The van der Waals surface area contributed by atoms with Crippen LogP contribution in [0.2, 0.25) is 0 Å². The van der Waals surface area contributed by atoms with Crippen LogP contribution in [0.15, 0.2) is 18.2 Å². The molecule has 0 saturated heterocycles. The zero-order chi connectivity index (χ0) is 13.2. The molecule has 1 aliphatic rings. The van der Waals surface area contributed by atoms with Crippen molar-refractivity contribution < 1.29 is 9.13 Å². The van der Waals surface area contributed by atoms with Gasteiger partial charge in [-0.15, -0.1) is 0 Å². The molecule has 1 fully saturated rings. The Morgan fingerprint density at radius 2 is 2.00 bits per heavy atom. The normalized spacial score (nSPS) is 19.2. The Morgan fingerprint density at radius 1 is 1.33 bits per heavy atom. The summed E-state index contributed by atoms with van der Waals surface area (Å²) in [6.07, 6.45) is 4.39. The molecule has 2 nitrogen and oxygen atoms in total. The van der Waals surface area contributed by atoms with Crippen molar-refractivity contribution in [1.82, 2.24) is 0 Å². The number of nitrogens with zero attached hydrogens (tertiary/aromatic N) is 1. The maximum atomic E-state index is 13.0. The van der Waals surface area contributed by atoms with Gasteiger partial charge in [0.25, 0.3) is 0 Å². The second-order valence-electron chi connectivity index (χ2n) is 5.73. The summed E-state index contributed by atoms with van der Waals surface area (Å²) in [4.78, 5) is 0. The number of halogens is 1. The van der Waals surface area contributed by atoms with Gasteiger partial charge in [-0.2, -0.15) is 5.26 Å². The molecule has 0 amide bonds. The summed E-state index contributed by atoms with van der Waals surface area (Å²) in [7, 11) is 0. The third-order valence-electron chi connectivity index (χ3n) is 3.64. The van der Waals surface area contributed by atoms with E-state index < -0.39 is 5.82 Å². The van der Waals surface area contributed by atoms with E-state index in [0.717, 1.165) is 25.7 Å². The number of rotatable bonds is 2. The lowest BCUT2D eigenvalue weighted by atomic mass is 9.76. The van der Waals surface area contributed by atoms with Gasteiger partial charge in [0.15, 0.2) is 0 Å². The number of hydrogen-bond acceptors (Lipinski definition) is 2. The number of nitriles is 1. The van der Waals surface area contributed by atoms with E-state index in [9.17, 15) is 4.39 Å². The predicted molar refractivity (Wildman–Crippen MR) is 67.8 cm³/mol. The van der Waals surface area contributed by atoms with Crippen molar-refractivity contribution in [1.29, 1.82) is 5.26 Å². The van der Waals surface area contributed by atoms with E-state index in [2.05, 4.69) is 13.8 Å². The third kappa shape index (κ3) is 3.01. The van der Waals surface area contributed by atoms with Crippen LogP contribution in [-0.4, -0.2) is 6.10 Å². The Balaban J connectivity index is 2.05. The first kappa shape index (κ1) is 12.9. The van der Waals surface area contributed by atoms with Crippen molar-refractivity contribution in [3.05, 3.63) is 29.6 Å². The molecule has 0 unspecified atom stereocenters. The molecule has 0 radical (unpaired) electrons. The second kappa shape index (κ2) is 4.97. The molecule has 0 aromatic heterocycles. The zero-order valence-corrected chi connectivity index (χ0v) is 10.9. The summed E-state index contributed by atoms with van der Waals surface area (Å²) in [5, 5.41) is 8.96. The van der Waals surface area contributed by atoms with Gasteiger partial charge in [-0.25, -0.2) is 4.39 Å². The molecule has 0 bridgehead atoms. The third-order valence-corrected chi connectivity index (χ3v) is 3.64. The molecule has 0 spiro atoms. The molecule has 1 aliphatic carbocycles. The van der Waals surface area contributed by atoms with E-state index >= 15 is 0 Å². The summed E-state index contributed by atoms with van der Waals surface area (Å²) in [6, 6.07) is 6.09. The molecule has 18 heavy (non-hydrogen) atoms. The van der Waals surface area contributed by atoms with Crippen LogP contribution in [0.5, 0.6) is 5.75 Å².